The van der Waals surface area contributed by atoms with E-state index < -0.39 is 0 Å². The minimum atomic E-state index is -0.334. The molecule has 1 N–H and O–H groups in total. The molecular formula is C22H25N3O. The summed E-state index contributed by atoms with van der Waals surface area (Å²) in [6.07, 6.45) is 5.89. The fourth-order valence-corrected chi connectivity index (χ4v) is 3.87. The summed E-state index contributed by atoms with van der Waals surface area (Å²) in [5.74, 6) is 0.0600. The standard InChI is InChI=1S/C22H25N3O/c1-16(22(26)23-18-12-6-3-7-13-18)25-20-15-9-8-14-19(20)21(24-25)17-10-4-2-5-11-17/h2,4-5,8-11,14-16,18H,3,6-7,12-13H2,1H3,(H,23,26). The molecule has 134 valence electrons. The Morgan fingerprint density at radius 3 is 2.50 bits per heavy atom. The van der Waals surface area contributed by atoms with E-state index in [4.69, 9.17) is 5.10 Å². The Kier molecular flexibility index (Phi) is 4.74. The number of para-hydroxylation sites is 1. The van der Waals surface area contributed by atoms with Gasteiger partial charge in [0, 0.05) is 17.0 Å². The summed E-state index contributed by atoms with van der Waals surface area (Å²) in [6, 6.07) is 18.3. The molecule has 1 fully saturated rings. The molecule has 1 aromatic heterocycles. The summed E-state index contributed by atoms with van der Waals surface area (Å²) in [7, 11) is 0. The lowest BCUT2D eigenvalue weighted by molar-refractivity contribution is -0.124. The number of hydrogen-bond donors (Lipinski definition) is 1. The number of carbonyl (C=O) groups excluding carboxylic acids is 1. The van der Waals surface area contributed by atoms with Gasteiger partial charge in [0.1, 0.15) is 11.7 Å². The zero-order valence-corrected chi connectivity index (χ0v) is 15.2. The monoisotopic (exact) mass is 347 g/mol. The van der Waals surface area contributed by atoms with Crippen molar-refractivity contribution in [2.45, 2.75) is 51.1 Å². The Balaban J connectivity index is 1.66. The van der Waals surface area contributed by atoms with Crippen LogP contribution in [0.3, 0.4) is 0 Å². The zero-order valence-electron chi connectivity index (χ0n) is 15.2. The fraction of sp³-hybridized carbons (Fsp3) is 0.364. The second-order valence-electron chi connectivity index (χ2n) is 7.20. The highest BCUT2D eigenvalue weighted by molar-refractivity contribution is 5.94. The van der Waals surface area contributed by atoms with Crippen LogP contribution in [0.1, 0.15) is 45.1 Å². The van der Waals surface area contributed by atoms with Crippen molar-refractivity contribution in [3.8, 4) is 11.3 Å². The molecule has 1 saturated carbocycles. The number of fused-ring (bicyclic) bond motifs is 1. The lowest BCUT2D eigenvalue weighted by Gasteiger charge is -2.24. The van der Waals surface area contributed by atoms with Crippen LogP contribution in [0.25, 0.3) is 22.2 Å². The number of amides is 1. The van der Waals surface area contributed by atoms with Crippen LogP contribution in [0, 0.1) is 0 Å². The number of carbonyl (C=O) groups is 1. The van der Waals surface area contributed by atoms with E-state index in [2.05, 4.69) is 23.5 Å². The number of nitrogens with one attached hydrogen (secondary N) is 1. The van der Waals surface area contributed by atoms with E-state index in [0.717, 1.165) is 35.0 Å². The Morgan fingerprint density at radius 1 is 1.04 bits per heavy atom. The molecule has 1 aliphatic rings. The molecule has 1 unspecified atom stereocenters. The van der Waals surface area contributed by atoms with Gasteiger partial charge in [-0.05, 0) is 25.8 Å². The van der Waals surface area contributed by atoms with E-state index in [9.17, 15) is 4.79 Å². The number of benzene rings is 2. The SMILES string of the molecule is CC(C(=O)NC1CCCCC1)n1nc(-c2ccccc2)c2ccccc21. The molecule has 1 amide bonds. The van der Waals surface area contributed by atoms with Gasteiger partial charge in [-0.3, -0.25) is 9.48 Å². The molecular weight excluding hydrogens is 322 g/mol. The maximum Gasteiger partial charge on any atom is 0.244 e. The van der Waals surface area contributed by atoms with Crippen LogP contribution in [0.15, 0.2) is 54.6 Å². The van der Waals surface area contributed by atoms with Gasteiger partial charge in [0.25, 0.3) is 0 Å². The zero-order chi connectivity index (χ0) is 17.9. The lowest BCUT2D eigenvalue weighted by atomic mass is 9.95. The molecule has 1 atom stereocenters. The third-order valence-electron chi connectivity index (χ3n) is 5.36. The first-order valence-corrected chi connectivity index (χ1v) is 9.57. The second kappa shape index (κ2) is 7.32. The maximum absolute atomic E-state index is 12.8. The van der Waals surface area contributed by atoms with Crippen LogP contribution >= 0.6 is 0 Å². The van der Waals surface area contributed by atoms with Crippen LogP contribution in [0.4, 0.5) is 0 Å². The minimum absolute atomic E-state index is 0.0600. The largest absolute Gasteiger partial charge is 0.352 e. The molecule has 0 aliphatic heterocycles. The molecule has 0 radical (unpaired) electrons. The van der Waals surface area contributed by atoms with Gasteiger partial charge in [-0.2, -0.15) is 5.10 Å². The van der Waals surface area contributed by atoms with Crippen molar-refractivity contribution < 1.29 is 4.79 Å². The predicted octanol–water partition coefficient (Wildman–Crippen LogP) is 4.71. The molecule has 4 rings (SSSR count). The van der Waals surface area contributed by atoms with Crippen LogP contribution < -0.4 is 5.32 Å². The average molecular weight is 347 g/mol. The van der Waals surface area contributed by atoms with Crippen LogP contribution in [-0.2, 0) is 4.79 Å². The summed E-state index contributed by atoms with van der Waals surface area (Å²) in [5.41, 5.74) is 3.00. The average Bonchev–Trinajstić information content (AvgIpc) is 3.08. The normalized spacial score (nSPS) is 16.5. The summed E-state index contributed by atoms with van der Waals surface area (Å²) in [5, 5.41) is 9.14. The molecule has 0 bridgehead atoms. The van der Waals surface area contributed by atoms with Crippen LogP contribution in [0.2, 0.25) is 0 Å². The van der Waals surface area contributed by atoms with Crippen molar-refractivity contribution in [1.82, 2.24) is 15.1 Å². The topological polar surface area (TPSA) is 46.9 Å². The highest BCUT2D eigenvalue weighted by Gasteiger charge is 2.23. The Bertz CT molecular complexity index is 894. The van der Waals surface area contributed by atoms with Crippen LogP contribution in [0.5, 0.6) is 0 Å². The van der Waals surface area contributed by atoms with E-state index in [1.54, 1.807) is 0 Å². The predicted molar refractivity (Wildman–Crippen MR) is 105 cm³/mol. The Hall–Kier alpha value is -2.62. The third-order valence-corrected chi connectivity index (χ3v) is 5.36. The number of hydrogen-bond acceptors (Lipinski definition) is 2. The summed E-state index contributed by atoms with van der Waals surface area (Å²) >= 11 is 0. The van der Waals surface area contributed by atoms with E-state index >= 15 is 0 Å². The quantitative estimate of drug-likeness (QED) is 0.743. The molecule has 3 aromatic rings. The lowest BCUT2D eigenvalue weighted by Crippen LogP contribution is -2.40. The van der Waals surface area contributed by atoms with Gasteiger partial charge in [0.2, 0.25) is 5.91 Å². The Morgan fingerprint density at radius 2 is 1.73 bits per heavy atom. The highest BCUT2D eigenvalue weighted by atomic mass is 16.2. The molecule has 26 heavy (non-hydrogen) atoms. The molecule has 0 saturated heterocycles. The highest BCUT2D eigenvalue weighted by Crippen LogP contribution is 2.29. The summed E-state index contributed by atoms with van der Waals surface area (Å²) in [4.78, 5) is 12.8. The first-order valence-electron chi connectivity index (χ1n) is 9.57. The second-order valence-corrected chi connectivity index (χ2v) is 7.20. The number of nitrogens with zero attached hydrogens (tertiary/aromatic N) is 2. The summed E-state index contributed by atoms with van der Waals surface area (Å²) < 4.78 is 1.87. The maximum atomic E-state index is 12.8. The molecule has 4 heteroatoms. The first kappa shape index (κ1) is 16.8. The van der Waals surface area contributed by atoms with E-state index in [1.165, 1.54) is 19.3 Å². The Labute approximate surface area is 154 Å². The molecule has 1 heterocycles. The van der Waals surface area contributed by atoms with Gasteiger partial charge in [-0.1, -0.05) is 67.8 Å². The smallest absolute Gasteiger partial charge is 0.244 e. The molecule has 4 nitrogen and oxygen atoms in total. The fourth-order valence-electron chi connectivity index (χ4n) is 3.87. The van der Waals surface area contributed by atoms with Crippen molar-refractivity contribution in [3.05, 3.63) is 54.6 Å². The van der Waals surface area contributed by atoms with Crippen LogP contribution in [-0.4, -0.2) is 21.7 Å². The van der Waals surface area contributed by atoms with Crippen molar-refractivity contribution in [3.63, 3.8) is 0 Å². The van der Waals surface area contributed by atoms with E-state index in [1.807, 2.05) is 48.0 Å². The minimum Gasteiger partial charge on any atom is -0.352 e. The van der Waals surface area contributed by atoms with Gasteiger partial charge < -0.3 is 5.32 Å². The number of aromatic nitrogens is 2. The van der Waals surface area contributed by atoms with Gasteiger partial charge in [-0.15, -0.1) is 0 Å². The molecule has 2 aromatic carbocycles. The van der Waals surface area contributed by atoms with Gasteiger partial charge in [-0.25, -0.2) is 0 Å². The van der Waals surface area contributed by atoms with Crippen molar-refractivity contribution >= 4 is 16.8 Å². The van der Waals surface area contributed by atoms with Gasteiger partial charge in [0.05, 0.1) is 5.52 Å². The molecule has 1 aliphatic carbocycles. The van der Waals surface area contributed by atoms with Crippen molar-refractivity contribution in [2.75, 3.05) is 0 Å². The van der Waals surface area contributed by atoms with E-state index in [0.29, 0.717) is 6.04 Å². The van der Waals surface area contributed by atoms with Crippen molar-refractivity contribution in [1.29, 1.82) is 0 Å². The first-order chi connectivity index (χ1) is 12.7. The van der Waals surface area contributed by atoms with Gasteiger partial charge in [0.15, 0.2) is 0 Å². The third kappa shape index (κ3) is 3.24. The van der Waals surface area contributed by atoms with Crippen molar-refractivity contribution in [2.24, 2.45) is 0 Å². The summed E-state index contributed by atoms with van der Waals surface area (Å²) in [6.45, 7) is 1.94. The molecule has 0 spiro atoms. The van der Waals surface area contributed by atoms with Gasteiger partial charge >= 0.3 is 0 Å². The van der Waals surface area contributed by atoms with E-state index in [-0.39, 0.29) is 11.9 Å². The number of rotatable bonds is 4.